The van der Waals surface area contributed by atoms with Gasteiger partial charge in [0, 0.05) is 18.7 Å². The zero-order valence-electron chi connectivity index (χ0n) is 12.3. The van der Waals surface area contributed by atoms with Crippen LogP contribution in [0, 0.1) is 0 Å². The molecule has 5 heteroatoms. The van der Waals surface area contributed by atoms with Gasteiger partial charge in [0.05, 0.1) is 6.10 Å². The lowest BCUT2D eigenvalue weighted by molar-refractivity contribution is 0.0760. The molecule has 0 saturated heterocycles. The van der Waals surface area contributed by atoms with Gasteiger partial charge in [0.1, 0.15) is 0 Å². The average molecular weight is 279 g/mol. The summed E-state index contributed by atoms with van der Waals surface area (Å²) in [7, 11) is 0. The van der Waals surface area contributed by atoms with Crippen LogP contribution in [0.25, 0.3) is 0 Å². The number of unbranched alkanes of at least 4 members (excludes halogenated alkanes) is 1. The van der Waals surface area contributed by atoms with E-state index >= 15 is 0 Å². The van der Waals surface area contributed by atoms with Crippen molar-refractivity contribution in [2.24, 2.45) is 10.9 Å². The SMILES string of the molecule is CC(C)OCCCCNCc1ccc(/C(N)=N/O)cc1. The van der Waals surface area contributed by atoms with Crippen LogP contribution in [-0.4, -0.2) is 30.3 Å². The number of oxime groups is 1. The zero-order chi connectivity index (χ0) is 14.8. The lowest BCUT2D eigenvalue weighted by Crippen LogP contribution is -2.16. The molecule has 0 aliphatic carbocycles. The van der Waals surface area contributed by atoms with Gasteiger partial charge in [-0.1, -0.05) is 29.4 Å². The van der Waals surface area contributed by atoms with Crippen molar-refractivity contribution in [3.8, 4) is 0 Å². The van der Waals surface area contributed by atoms with E-state index in [1.54, 1.807) is 0 Å². The minimum absolute atomic E-state index is 0.134. The van der Waals surface area contributed by atoms with Crippen molar-refractivity contribution >= 4 is 5.84 Å². The van der Waals surface area contributed by atoms with Crippen LogP contribution in [0.3, 0.4) is 0 Å². The van der Waals surface area contributed by atoms with Gasteiger partial charge < -0.3 is 21.0 Å². The summed E-state index contributed by atoms with van der Waals surface area (Å²) < 4.78 is 5.48. The summed E-state index contributed by atoms with van der Waals surface area (Å²) in [5.74, 6) is 0.134. The van der Waals surface area contributed by atoms with Crippen LogP contribution in [0.1, 0.15) is 37.8 Å². The third kappa shape index (κ3) is 6.54. The molecule has 112 valence electrons. The molecule has 0 saturated carbocycles. The molecule has 0 aliphatic heterocycles. The molecule has 0 heterocycles. The smallest absolute Gasteiger partial charge is 0.170 e. The Balaban J connectivity index is 2.16. The second-order valence-electron chi connectivity index (χ2n) is 4.99. The highest BCUT2D eigenvalue weighted by Gasteiger charge is 1.99. The van der Waals surface area contributed by atoms with E-state index in [4.69, 9.17) is 15.7 Å². The Morgan fingerprint density at radius 3 is 2.60 bits per heavy atom. The van der Waals surface area contributed by atoms with E-state index < -0.39 is 0 Å². The second-order valence-corrected chi connectivity index (χ2v) is 4.99. The Labute approximate surface area is 120 Å². The van der Waals surface area contributed by atoms with E-state index in [-0.39, 0.29) is 5.84 Å². The molecule has 0 unspecified atom stereocenters. The third-order valence-electron chi connectivity index (χ3n) is 2.89. The molecule has 1 aromatic rings. The number of nitrogens with zero attached hydrogens (tertiary/aromatic N) is 1. The van der Waals surface area contributed by atoms with Crippen LogP contribution >= 0.6 is 0 Å². The molecule has 0 fully saturated rings. The van der Waals surface area contributed by atoms with Gasteiger partial charge in [0.2, 0.25) is 0 Å². The van der Waals surface area contributed by atoms with Gasteiger partial charge in [-0.15, -0.1) is 0 Å². The second kappa shape index (κ2) is 9.34. The highest BCUT2D eigenvalue weighted by atomic mass is 16.5. The van der Waals surface area contributed by atoms with Crippen molar-refractivity contribution < 1.29 is 9.94 Å². The summed E-state index contributed by atoms with van der Waals surface area (Å²) in [5.41, 5.74) is 7.41. The number of nitrogens with one attached hydrogen (secondary N) is 1. The standard InChI is InChI=1S/C15H25N3O2/c1-12(2)20-10-4-3-9-17-11-13-5-7-14(8-6-13)15(16)18-19/h5-8,12,17,19H,3-4,9-11H2,1-2H3,(H2,16,18). The van der Waals surface area contributed by atoms with Crippen LogP contribution < -0.4 is 11.1 Å². The number of amidine groups is 1. The Kier molecular flexibility index (Phi) is 7.69. The average Bonchev–Trinajstić information content (AvgIpc) is 2.45. The van der Waals surface area contributed by atoms with Crippen molar-refractivity contribution in [2.75, 3.05) is 13.2 Å². The molecule has 5 nitrogen and oxygen atoms in total. The van der Waals surface area contributed by atoms with Gasteiger partial charge >= 0.3 is 0 Å². The van der Waals surface area contributed by atoms with Crippen LogP contribution in [0.2, 0.25) is 0 Å². The van der Waals surface area contributed by atoms with Gasteiger partial charge in [0.15, 0.2) is 5.84 Å². The number of rotatable bonds is 9. The van der Waals surface area contributed by atoms with Crippen LogP contribution in [-0.2, 0) is 11.3 Å². The summed E-state index contributed by atoms with van der Waals surface area (Å²) >= 11 is 0. The highest BCUT2D eigenvalue weighted by molar-refractivity contribution is 5.96. The summed E-state index contributed by atoms with van der Waals surface area (Å²) in [6.07, 6.45) is 2.50. The largest absolute Gasteiger partial charge is 0.409 e. The molecule has 0 amide bonds. The normalized spacial score (nSPS) is 12.1. The van der Waals surface area contributed by atoms with Crippen LogP contribution in [0.4, 0.5) is 0 Å². The Hall–Kier alpha value is -1.59. The number of hydrogen-bond acceptors (Lipinski definition) is 4. The number of benzene rings is 1. The van der Waals surface area contributed by atoms with Crippen LogP contribution in [0.15, 0.2) is 29.4 Å². The highest BCUT2D eigenvalue weighted by Crippen LogP contribution is 2.04. The quantitative estimate of drug-likeness (QED) is 0.212. The summed E-state index contributed by atoms with van der Waals surface area (Å²) in [4.78, 5) is 0. The van der Waals surface area contributed by atoms with E-state index in [0.717, 1.165) is 38.1 Å². The van der Waals surface area contributed by atoms with E-state index in [2.05, 4.69) is 24.3 Å². The van der Waals surface area contributed by atoms with Gasteiger partial charge in [-0.25, -0.2) is 0 Å². The molecule has 0 aliphatic rings. The maximum atomic E-state index is 8.58. The first kappa shape index (κ1) is 16.5. The third-order valence-corrected chi connectivity index (χ3v) is 2.89. The zero-order valence-corrected chi connectivity index (χ0v) is 12.3. The van der Waals surface area contributed by atoms with Crippen molar-refractivity contribution in [3.05, 3.63) is 35.4 Å². The maximum Gasteiger partial charge on any atom is 0.170 e. The molecule has 0 aromatic heterocycles. The Morgan fingerprint density at radius 1 is 1.30 bits per heavy atom. The van der Waals surface area contributed by atoms with E-state index in [9.17, 15) is 0 Å². The molecule has 20 heavy (non-hydrogen) atoms. The first-order chi connectivity index (χ1) is 9.63. The summed E-state index contributed by atoms with van der Waals surface area (Å²) in [5, 5.41) is 14.9. The molecule has 4 N–H and O–H groups in total. The molecule has 0 atom stereocenters. The topological polar surface area (TPSA) is 79.9 Å². The van der Waals surface area contributed by atoms with E-state index in [1.807, 2.05) is 24.3 Å². The van der Waals surface area contributed by atoms with Crippen molar-refractivity contribution in [2.45, 2.75) is 39.3 Å². The molecule has 1 aromatic carbocycles. The number of ether oxygens (including phenoxy) is 1. The van der Waals surface area contributed by atoms with Crippen LogP contribution in [0.5, 0.6) is 0 Å². The maximum absolute atomic E-state index is 8.58. The van der Waals surface area contributed by atoms with Gasteiger partial charge in [0.25, 0.3) is 0 Å². The fourth-order valence-electron chi connectivity index (χ4n) is 1.75. The lowest BCUT2D eigenvalue weighted by atomic mass is 10.1. The van der Waals surface area contributed by atoms with Crippen molar-refractivity contribution in [1.82, 2.24) is 5.32 Å². The fraction of sp³-hybridized carbons (Fsp3) is 0.533. The number of nitrogens with two attached hydrogens (primary N) is 1. The predicted octanol–water partition coefficient (Wildman–Crippen LogP) is 2.08. The van der Waals surface area contributed by atoms with Crippen molar-refractivity contribution in [3.63, 3.8) is 0 Å². The van der Waals surface area contributed by atoms with E-state index in [0.29, 0.717) is 6.10 Å². The molecule has 0 bridgehead atoms. The van der Waals surface area contributed by atoms with Crippen molar-refractivity contribution in [1.29, 1.82) is 0 Å². The number of hydrogen-bond donors (Lipinski definition) is 3. The van der Waals surface area contributed by atoms with E-state index in [1.165, 1.54) is 5.56 Å². The van der Waals surface area contributed by atoms with Gasteiger partial charge in [-0.2, -0.15) is 0 Å². The first-order valence-corrected chi connectivity index (χ1v) is 7.02. The molecular weight excluding hydrogens is 254 g/mol. The van der Waals surface area contributed by atoms with Gasteiger partial charge in [-0.3, -0.25) is 0 Å². The Bertz CT molecular complexity index is 402. The van der Waals surface area contributed by atoms with Gasteiger partial charge in [-0.05, 0) is 38.8 Å². The molecule has 0 spiro atoms. The summed E-state index contributed by atoms with van der Waals surface area (Å²) in [6, 6.07) is 7.65. The predicted molar refractivity (Wildman–Crippen MR) is 81.0 cm³/mol. The lowest BCUT2D eigenvalue weighted by Gasteiger charge is -2.08. The molecule has 0 radical (unpaired) electrons. The molecular formula is C15H25N3O2. The Morgan fingerprint density at radius 2 is 2.00 bits per heavy atom. The monoisotopic (exact) mass is 279 g/mol. The fourth-order valence-corrected chi connectivity index (χ4v) is 1.75. The minimum atomic E-state index is 0.134. The first-order valence-electron chi connectivity index (χ1n) is 7.02. The minimum Gasteiger partial charge on any atom is -0.409 e. The molecule has 1 rings (SSSR count). The summed E-state index contributed by atoms with van der Waals surface area (Å²) in [6.45, 7) is 6.73.